The van der Waals surface area contributed by atoms with E-state index in [1.165, 1.54) is 9.21 Å². The fourth-order valence-corrected chi connectivity index (χ4v) is 4.74. The third-order valence-electron chi connectivity index (χ3n) is 4.76. The molecule has 0 bridgehead atoms. The first-order valence-corrected chi connectivity index (χ1v) is 10.9. The topological polar surface area (TPSA) is 97.1 Å². The van der Waals surface area contributed by atoms with E-state index in [1.54, 1.807) is 44.2 Å². The molecule has 0 radical (unpaired) electrons. The molecule has 1 aliphatic heterocycles. The number of esters is 1. The van der Waals surface area contributed by atoms with Crippen molar-refractivity contribution in [2.75, 3.05) is 32.8 Å². The zero-order valence-electron chi connectivity index (χ0n) is 16.5. The quantitative estimate of drug-likeness (QED) is 0.660. The maximum Gasteiger partial charge on any atom is 0.342 e. The van der Waals surface area contributed by atoms with Crippen LogP contribution >= 0.6 is 0 Å². The summed E-state index contributed by atoms with van der Waals surface area (Å²) in [5, 5.41) is 0. The number of sulfonamides is 1. The van der Waals surface area contributed by atoms with E-state index in [1.807, 2.05) is 6.07 Å². The predicted octanol–water partition coefficient (Wildman–Crippen LogP) is 1.73. The van der Waals surface area contributed by atoms with Gasteiger partial charge in [-0.2, -0.15) is 4.31 Å². The van der Waals surface area contributed by atoms with Crippen molar-refractivity contribution >= 4 is 21.9 Å². The van der Waals surface area contributed by atoms with Gasteiger partial charge in [-0.1, -0.05) is 30.3 Å². The lowest BCUT2D eigenvalue weighted by molar-refractivity contribution is -0.135. The van der Waals surface area contributed by atoms with Gasteiger partial charge in [0.2, 0.25) is 10.0 Å². The lowest BCUT2D eigenvalue weighted by Crippen LogP contribution is -2.51. The van der Waals surface area contributed by atoms with E-state index >= 15 is 0 Å². The minimum atomic E-state index is -3.45. The minimum Gasteiger partial charge on any atom is -0.466 e. The number of hydrogen-bond donors (Lipinski definition) is 0. The summed E-state index contributed by atoms with van der Waals surface area (Å²) in [6.45, 7) is 3.94. The van der Waals surface area contributed by atoms with Gasteiger partial charge in [0.05, 0.1) is 5.75 Å². The Morgan fingerprint density at radius 2 is 1.72 bits per heavy atom. The molecule has 1 saturated heterocycles. The summed E-state index contributed by atoms with van der Waals surface area (Å²) >= 11 is 0. The number of piperazine rings is 1. The van der Waals surface area contributed by atoms with E-state index in [-0.39, 0.29) is 44.4 Å². The number of carbonyl (C=O) groups is 2. The molecule has 1 fully saturated rings. The maximum atomic E-state index is 12.6. The molecule has 156 valence electrons. The summed E-state index contributed by atoms with van der Waals surface area (Å²) in [6.07, 6.45) is 0. The van der Waals surface area contributed by atoms with E-state index in [9.17, 15) is 18.0 Å². The number of furan rings is 1. The molecule has 0 atom stereocenters. The number of hydrogen-bond acceptors (Lipinski definition) is 6. The zero-order chi connectivity index (χ0) is 21.0. The monoisotopic (exact) mass is 420 g/mol. The molecular formula is C20H24N2O6S. The fraction of sp³-hybridized carbons (Fsp3) is 0.400. The summed E-state index contributed by atoms with van der Waals surface area (Å²) in [4.78, 5) is 25.9. The Bertz CT molecular complexity index is 976. The van der Waals surface area contributed by atoms with Crippen LogP contribution in [0.5, 0.6) is 0 Å². The van der Waals surface area contributed by atoms with Crippen LogP contribution in [0.1, 0.15) is 27.4 Å². The number of benzene rings is 1. The molecule has 2 aromatic rings. The molecule has 0 unspecified atom stereocenters. The molecule has 0 saturated carbocycles. The smallest absolute Gasteiger partial charge is 0.342 e. The molecule has 0 spiro atoms. The second-order valence-corrected chi connectivity index (χ2v) is 8.89. The normalized spacial score (nSPS) is 15.3. The van der Waals surface area contributed by atoms with E-state index in [4.69, 9.17) is 9.15 Å². The van der Waals surface area contributed by atoms with Crippen molar-refractivity contribution in [2.45, 2.75) is 19.6 Å². The molecular weight excluding hydrogens is 396 g/mol. The minimum absolute atomic E-state index is 0.0666. The largest absolute Gasteiger partial charge is 0.466 e. The third-order valence-corrected chi connectivity index (χ3v) is 6.61. The first kappa shape index (κ1) is 21.1. The van der Waals surface area contributed by atoms with Crippen LogP contribution in [0.15, 0.2) is 40.8 Å². The highest BCUT2D eigenvalue weighted by molar-refractivity contribution is 7.88. The zero-order valence-corrected chi connectivity index (χ0v) is 17.3. The summed E-state index contributed by atoms with van der Waals surface area (Å²) < 4.78 is 36.9. The molecule has 8 nitrogen and oxygen atoms in total. The van der Waals surface area contributed by atoms with Gasteiger partial charge in [-0.05, 0) is 25.5 Å². The standard InChI is InChI=1S/C20H24N2O6S/c1-15-12-18(16(2)28-15)20(24)27-13-19(23)21-8-10-22(11-9-21)29(25,26)14-17-6-4-3-5-7-17/h3-7,12H,8-11,13-14H2,1-2H3. The number of rotatable bonds is 6. The fourth-order valence-electron chi connectivity index (χ4n) is 3.22. The summed E-state index contributed by atoms with van der Waals surface area (Å²) in [6, 6.07) is 10.6. The molecule has 1 aromatic heterocycles. The number of carbonyl (C=O) groups excluding carboxylic acids is 2. The first-order valence-electron chi connectivity index (χ1n) is 9.30. The van der Waals surface area contributed by atoms with Crippen molar-refractivity contribution in [3.8, 4) is 0 Å². The van der Waals surface area contributed by atoms with Gasteiger partial charge in [0, 0.05) is 26.2 Å². The summed E-state index contributed by atoms with van der Waals surface area (Å²) in [5.74, 6) is 0.00182. The highest BCUT2D eigenvalue weighted by Gasteiger charge is 2.29. The van der Waals surface area contributed by atoms with E-state index in [2.05, 4.69) is 0 Å². The van der Waals surface area contributed by atoms with Crippen LogP contribution in [-0.4, -0.2) is 62.3 Å². The van der Waals surface area contributed by atoms with Crippen LogP contribution < -0.4 is 0 Å². The van der Waals surface area contributed by atoms with Crippen LogP contribution in [0.25, 0.3) is 0 Å². The molecule has 0 aliphatic carbocycles. The highest BCUT2D eigenvalue weighted by atomic mass is 32.2. The molecule has 2 heterocycles. The lowest BCUT2D eigenvalue weighted by atomic mass is 10.2. The van der Waals surface area contributed by atoms with Gasteiger partial charge in [0.15, 0.2) is 6.61 Å². The highest BCUT2D eigenvalue weighted by Crippen LogP contribution is 2.16. The Morgan fingerprint density at radius 1 is 1.07 bits per heavy atom. The van der Waals surface area contributed by atoms with Crippen molar-refractivity contribution in [1.29, 1.82) is 0 Å². The van der Waals surface area contributed by atoms with Crippen molar-refractivity contribution in [3.63, 3.8) is 0 Å². The van der Waals surface area contributed by atoms with Crippen molar-refractivity contribution in [1.82, 2.24) is 9.21 Å². The maximum absolute atomic E-state index is 12.6. The Balaban J connectivity index is 1.49. The van der Waals surface area contributed by atoms with Gasteiger partial charge in [-0.25, -0.2) is 13.2 Å². The molecule has 0 N–H and O–H groups in total. The number of aryl methyl sites for hydroxylation is 2. The van der Waals surface area contributed by atoms with Crippen LogP contribution in [0, 0.1) is 13.8 Å². The molecule has 3 rings (SSSR count). The Kier molecular flexibility index (Phi) is 6.39. The number of ether oxygens (including phenoxy) is 1. The SMILES string of the molecule is Cc1cc(C(=O)OCC(=O)N2CCN(S(=O)(=O)Cc3ccccc3)CC2)c(C)o1. The second kappa shape index (κ2) is 8.79. The number of nitrogens with zero attached hydrogens (tertiary/aromatic N) is 2. The van der Waals surface area contributed by atoms with Gasteiger partial charge < -0.3 is 14.1 Å². The third kappa shape index (κ3) is 5.24. The Labute approximate surface area is 170 Å². The average Bonchev–Trinajstić information content (AvgIpc) is 3.04. The van der Waals surface area contributed by atoms with Crippen LogP contribution in [0.2, 0.25) is 0 Å². The van der Waals surface area contributed by atoms with Gasteiger partial charge in [0.25, 0.3) is 5.91 Å². The first-order chi connectivity index (χ1) is 13.8. The molecule has 9 heteroatoms. The van der Waals surface area contributed by atoms with Crippen LogP contribution in [0.3, 0.4) is 0 Å². The average molecular weight is 420 g/mol. The van der Waals surface area contributed by atoms with E-state index in [0.29, 0.717) is 17.1 Å². The Hall–Kier alpha value is -2.65. The predicted molar refractivity (Wildman–Crippen MR) is 106 cm³/mol. The van der Waals surface area contributed by atoms with Crippen LogP contribution in [0.4, 0.5) is 0 Å². The van der Waals surface area contributed by atoms with E-state index in [0.717, 1.165) is 5.56 Å². The molecule has 1 aliphatic rings. The summed E-state index contributed by atoms with van der Waals surface area (Å²) in [7, 11) is -3.45. The van der Waals surface area contributed by atoms with Crippen molar-refractivity contribution < 1.29 is 27.2 Å². The van der Waals surface area contributed by atoms with Crippen molar-refractivity contribution in [3.05, 3.63) is 59.0 Å². The van der Waals surface area contributed by atoms with E-state index < -0.39 is 16.0 Å². The molecule has 1 aromatic carbocycles. The van der Waals surface area contributed by atoms with Crippen molar-refractivity contribution in [2.24, 2.45) is 0 Å². The van der Waals surface area contributed by atoms with Gasteiger partial charge in [-0.3, -0.25) is 4.79 Å². The van der Waals surface area contributed by atoms with Gasteiger partial charge >= 0.3 is 5.97 Å². The molecule has 1 amide bonds. The number of amides is 1. The summed E-state index contributed by atoms with van der Waals surface area (Å²) in [5.41, 5.74) is 1.02. The molecule has 29 heavy (non-hydrogen) atoms. The lowest BCUT2D eigenvalue weighted by Gasteiger charge is -2.33. The second-order valence-electron chi connectivity index (χ2n) is 6.92. The Morgan fingerprint density at radius 3 is 2.31 bits per heavy atom. The van der Waals surface area contributed by atoms with Gasteiger partial charge in [-0.15, -0.1) is 0 Å². The van der Waals surface area contributed by atoms with Gasteiger partial charge in [0.1, 0.15) is 17.1 Å². The van der Waals surface area contributed by atoms with Crippen LogP contribution in [-0.2, 0) is 25.3 Å².